The van der Waals surface area contributed by atoms with Crippen molar-refractivity contribution in [3.05, 3.63) is 65.4 Å². The van der Waals surface area contributed by atoms with Gasteiger partial charge >= 0.3 is 5.97 Å². The highest BCUT2D eigenvalue weighted by Crippen LogP contribution is 2.23. The van der Waals surface area contributed by atoms with Gasteiger partial charge in [0.2, 0.25) is 0 Å². The zero-order valence-electron chi connectivity index (χ0n) is 16.3. The van der Waals surface area contributed by atoms with Crippen LogP contribution in [-0.4, -0.2) is 33.2 Å². The summed E-state index contributed by atoms with van der Waals surface area (Å²) in [4.78, 5) is 24.5. The van der Waals surface area contributed by atoms with E-state index in [-0.39, 0.29) is 10.5 Å². The number of hydrogen-bond donors (Lipinski definition) is 1. The first-order valence-electron chi connectivity index (χ1n) is 8.91. The number of amides is 1. The summed E-state index contributed by atoms with van der Waals surface area (Å²) in [6.45, 7) is 2.93. The van der Waals surface area contributed by atoms with Crippen LogP contribution in [0.4, 0.5) is 0 Å². The average Bonchev–Trinajstić information content (AvgIpc) is 3.10. The smallest absolute Gasteiger partial charge is 0.338 e. The second kappa shape index (κ2) is 8.08. The maximum absolute atomic E-state index is 12.3. The molecule has 3 aromatic rings. The number of hydrogen-bond acceptors (Lipinski definition) is 6. The van der Waals surface area contributed by atoms with Crippen molar-refractivity contribution in [2.24, 2.45) is 0 Å². The van der Waals surface area contributed by atoms with E-state index >= 15 is 0 Å². The van der Waals surface area contributed by atoms with Gasteiger partial charge in [-0.25, -0.2) is 13.2 Å². The molecule has 1 atom stereocenters. The molecule has 29 heavy (non-hydrogen) atoms. The maximum Gasteiger partial charge on any atom is 0.338 e. The number of esters is 1. The normalized spacial score (nSPS) is 12.5. The van der Waals surface area contributed by atoms with Crippen molar-refractivity contribution in [1.82, 2.24) is 5.32 Å². The third-order valence-corrected chi connectivity index (χ3v) is 5.55. The highest BCUT2D eigenvalue weighted by Gasteiger charge is 2.18. The molecule has 0 aliphatic rings. The fourth-order valence-electron chi connectivity index (χ4n) is 2.83. The standard InChI is InChI=1S/C21H21NO6S/c1-13-8-9-16(29(3,25)26)11-17(13)21(24)27-12-20(23)22-14(2)19-10-15-6-4-5-7-18(15)28-19/h4-11,14H,12H2,1-3H3,(H,22,23)/t14-/m1/s1. The molecule has 0 bridgehead atoms. The topological polar surface area (TPSA) is 103 Å². The van der Waals surface area contributed by atoms with E-state index in [0.29, 0.717) is 11.3 Å². The summed E-state index contributed by atoms with van der Waals surface area (Å²) >= 11 is 0. The van der Waals surface area contributed by atoms with E-state index in [1.165, 1.54) is 18.2 Å². The van der Waals surface area contributed by atoms with Crippen LogP contribution in [-0.2, 0) is 19.4 Å². The molecule has 152 valence electrons. The number of carbonyl (C=O) groups is 2. The predicted octanol–water partition coefficient (Wildman–Crippen LogP) is 3.18. The van der Waals surface area contributed by atoms with Crippen LogP contribution in [0.1, 0.15) is 34.6 Å². The second-order valence-electron chi connectivity index (χ2n) is 6.80. The molecule has 1 aromatic heterocycles. The van der Waals surface area contributed by atoms with Gasteiger partial charge in [0, 0.05) is 11.6 Å². The van der Waals surface area contributed by atoms with Crippen LogP contribution in [0.2, 0.25) is 0 Å². The number of para-hydroxylation sites is 1. The number of aryl methyl sites for hydroxylation is 1. The van der Waals surface area contributed by atoms with Gasteiger partial charge in [-0.2, -0.15) is 0 Å². The van der Waals surface area contributed by atoms with E-state index in [2.05, 4.69) is 5.32 Å². The number of rotatable bonds is 6. The fraction of sp³-hybridized carbons (Fsp3) is 0.238. The zero-order valence-corrected chi connectivity index (χ0v) is 17.1. The molecule has 0 saturated carbocycles. The molecule has 3 rings (SSSR count). The lowest BCUT2D eigenvalue weighted by Gasteiger charge is -2.12. The van der Waals surface area contributed by atoms with Gasteiger partial charge in [-0.15, -0.1) is 0 Å². The quantitative estimate of drug-likeness (QED) is 0.621. The fourth-order valence-corrected chi connectivity index (χ4v) is 3.48. The molecule has 0 radical (unpaired) electrons. The molecule has 8 heteroatoms. The minimum atomic E-state index is -3.46. The number of ether oxygens (including phenoxy) is 1. The molecule has 1 N–H and O–H groups in total. The van der Waals surface area contributed by atoms with E-state index in [4.69, 9.17) is 9.15 Å². The van der Waals surface area contributed by atoms with E-state index in [1.54, 1.807) is 13.8 Å². The Morgan fingerprint density at radius 3 is 2.55 bits per heavy atom. The lowest BCUT2D eigenvalue weighted by molar-refractivity contribution is -0.125. The summed E-state index contributed by atoms with van der Waals surface area (Å²) in [5.41, 5.74) is 1.38. The third kappa shape index (κ3) is 4.83. The summed E-state index contributed by atoms with van der Waals surface area (Å²) in [5.74, 6) is -0.676. The lowest BCUT2D eigenvalue weighted by Crippen LogP contribution is -2.31. The zero-order chi connectivity index (χ0) is 21.2. The van der Waals surface area contributed by atoms with Gasteiger partial charge in [0.15, 0.2) is 16.4 Å². The summed E-state index contributed by atoms with van der Waals surface area (Å²) in [6, 6.07) is 13.1. The minimum absolute atomic E-state index is 0.0120. The summed E-state index contributed by atoms with van der Waals surface area (Å²) < 4.78 is 34.1. The molecule has 2 aromatic carbocycles. The van der Waals surface area contributed by atoms with Gasteiger partial charge in [0.25, 0.3) is 5.91 Å². The van der Waals surface area contributed by atoms with Crippen LogP contribution in [0.15, 0.2) is 57.8 Å². The molecule has 0 spiro atoms. The Balaban J connectivity index is 1.62. The average molecular weight is 415 g/mol. The van der Waals surface area contributed by atoms with Crippen LogP contribution in [0.3, 0.4) is 0 Å². The first-order valence-corrected chi connectivity index (χ1v) is 10.8. The largest absolute Gasteiger partial charge is 0.459 e. The Hall–Kier alpha value is -3.13. The monoisotopic (exact) mass is 415 g/mol. The minimum Gasteiger partial charge on any atom is -0.459 e. The molecule has 0 saturated heterocycles. The van der Waals surface area contributed by atoms with Gasteiger partial charge in [-0.3, -0.25) is 4.79 Å². The molecule has 7 nitrogen and oxygen atoms in total. The van der Waals surface area contributed by atoms with Crippen molar-refractivity contribution in [2.45, 2.75) is 24.8 Å². The SMILES string of the molecule is Cc1ccc(S(C)(=O)=O)cc1C(=O)OCC(=O)N[C@H](C)c1cc2ccccc2o1. The van der Waals surface area contributed by atoms with Crippen molar-refractivity contribution < 1.29 is 27.2 Å². The van der Waals surface area contributed by atoms with Gasteiger partial charge in [-0.05, 0) is 43.7 Å². The van der Waals surface area contributed by atoms with E-state index in [9.17, 15) is 18.0 Å². The van der Waals surface area contributed by atoms with Crippen molar-refractivity contribution >= 4 is 32.7 Å². The number of fused-ring (bicyclic) bond motifs is 1. The molecule has 0 aliphatic carbocycles. The van der Waals surface area contributed by atoms with E-state index in [1.807, 2.05) is 30.3 Å². The van der Waals surface area contributed by atoms with Crippen LogP contribution in [0, 0.1) is 6.92 Å². The predicted molar refractivity (Wildman–Crippen MR) is 107 cm³/mol. The van der Waals surface area contributed by atoms with E-state index in [0.717, 1.165) is 17.2 Å². The van der Waals surface area contributed by atoms with E-state index < -0.39 is 34.4 Å². The van der Waals surface area contributed by atoms with Crippen molar-refractivity contribution in [2.75, 3.05) is 12.9 Å². The van der Waals surface area contributed by atoms with Crippen LogP contribution >= 0.6 is 0 Å². The first-order chi connectivity index (χ1) is 13.6. The van der Waals surface area contributed by atoms with Crippen molar-refractivity contribution in [3.63, 3.8) is 0 Å². The second-order valence-corrected chi connectivity index (χ2v) is 8.82. The molecule has 0 unspecified atom stereocenters. The molecule has 0 aliphatic heterocycles. The first kappa shape index (κ1) is 20.6. The Morgan fingerprint density at radius 2 is 1.86 bits per heavy atom. The number of sulfone groups is 1. The Bertz CT molecular complexity index is 1150. The van der Waals surface area contributed by atoms with Crippen LogP contribution in [0.5, 0.6) is 0 Å². The summed E-state index contributed by atoms with van der Waals surface area (Å²) in [7, 11) is -3.46. The van der Waals surface area contributed by atoms with Gasteiger partial charge in [0.05, 0.1) is 16.5 Å². The number of carbonyl (C=O) groups excluding carboxylic acids is 2. The number of furan rings is 1. The van der Waals surface area contributed by atoms with Gasteiger partial charge in [-0.1, -0.05) is 24.3 Å². The Morgan fingerprint density at radius 1 is 1.14 bits per heavy atom. The summed E-state index contributed by atoms with van der Waals surface area (Å²) in [5, 5.41) is 3.64. The van der Waals surface area contributed by atoms with Crippen molar-refractivity contribution in [3.8, 4) is 0 Å². The molecule has 1 heterocycles. The van der Waals surface area contributed by atoms with Crippen molar-refractivity contribution in [1.29, 1.82) is 0 Å². The molecule has 1 amide bonds. The lowest BCUT2D eigenvalue weighted by atomic mass is 10.1. The number of benzene rings is 2. The van der Waals surface area contributed by atoms with Crippen LogP contribution < -0.4 is 5.32 Å². The molecule has 0 fully saturated rings. The maximum atomic E-state index is 12.3. The highest BCUT2D eigenvalue weighted by molar-refractivity contribution is 7.90. The number of nitrogens with one attached hydrogen (secondary N) is 1. The summed E-state index contributed by atoms with van der Waals surface area (Å²) in [6.07, 6.45) is 1.06. The van der Waals surface area contributed by atoms with Gasteiger partial charge in [0.1, 0.15) is 11.3 Å². The molecular weight excluding hydrogens is 394 g/mol. The Labute approximate surface area is 168 Å². The van der Waals surface area contributed by atoms with Crippen LogP contribution in [0.25, 0.3) is 11.0 Å². The highest BCUT2D eigenvalue weighted by atomic mass is 32.2. The third-order valence-electron chi connectivity index (χ3n) is 4.44. The Kier molecular flexibility index (Phi) is 5.74. The van der Waals surface area contributed by atoms with Gasteiger partial charge < -0.3 is 14.5 Å². The molecular formula is C21H21NO6S.